The van der Waals surface area contributed by atoms with Gasteiger partial charge in [-0.15, -0.1) is 0 Å². The lowest BCUT2D eigenvalue weighted by molar-refractivity contribution is -0.216. The number of benzene rings is 2. The highest BCUT2D eigenvalue weighted by Crippen LogP contribution is 2.72. The van der Waals surface area contributed by atoms with Gasteiger partial charge in [-0.05, 0) is 30.4 Å². The zero-order valence-corrected chi connectivity index (χ0v) is 14.1. The minimum absolute atomic E-state index is 0.272. The average molecular weight is 368 g/mol. The number of hydrogen-bond donors (Lipinski definition) is 2. The molecule has 5 aliphatic rings. The highest BCUT2D eigenvalue weighted by molar-refractivity contribution is 6.02. The van der Waals surface area contributed by atoms with Crippen LogP contribution in [0.25, 0.3) is 10.8 Å². The summed E-state index contributed by atoms with van der Waals surface area (Å²) in [6.45, 7) is 0. The third-order valence-electron chi connectivity index (χ3n) is 6.84. The lowest BCUT2D eigenvalue weighted by atomic mass is 9.64. The first-order chi connectivity index (χ1) is 13.1. The number of carbonyl (C=O) groups is 1. The second-order valence-corrected chi connectivity index (χ2v) is 8.01. The highest BCUT2D eigenvalue weighted by Gasteiger charge is 2.99. The first-order valence-corrected chi connectivity index (χ1v) is 9.21. The number of ether oxygens (including phenoxy) is 4. The molecule has 138 valence electrons. The molecule has 1 spiro atoms. The summed E-state index contributed by atoms with van der Waals surface area (Å²) in [5.74, 6) is -0.670. The second kappa shape index (κ2) is 4.12. The zero-order chi connectivity index (χ0) is 18.2. The number of ketones is 1. The molecule has 6 atom stereocenters. The van der Waals surface area contributed by atoms with Crippen molar-refractivity contribution in [1.29, 1.82) is 0 Å². The van der Waals surface area contributed by atoms with Crippen molar-refractivity contribution in [3.63, 3.8) is 0 Å². The summed E-state index contributed by atoms with van der Waals surface area (Å²) >= 11 is 0. The molecule has 2 saturated carbocycles. The molecule has 4 fully saturated rings. The van der Waals surface area contributed by atoms with Crippen molar-refractivity contribution < 1.29 is 34.0 Å². The Hall–Kier alpha value is -2.19. The van der Waals surface area contributed by atoms with E-state index in [1.807, 2.05) is 36.4 Å². The molecule has 3 aliphatic heterocycles. The maximum absolute atomic E-state index is 12.9. The van der Waals surface area contributed by atoms with Crippen LogP contribution in [0.3, 0.4) is 0 Å². The molecule has 0 bridgehead atoms. The molecule has 3 heterocycles. The van der Waals surface area contributed by atoms with Crippen molar-refractivity contribution in [1.82, 2.24) is 0 Å². The molecule has 0 unspecified atom stereocenters. The van der Waals surface area contributed by atoms with Crippen LogP contribution >= 0.6 is 0 Å². The van der Waals surface area contributed by atoms with Crippen LogP contribution in [0.15, 0.2) is 36.4 Å². The molecule has 0 aromatic heterocycles. The summed E-state index contributed by atoms with van der Waals surface area (Å²) in [5.41, 5.74) is -3.02. The Balaban J connectivity index is 1.49. The Kier molecular flexibility index (Phi) is 2.26. The summed E-state index contributed by atoms with van der Waals surface area (Å²) in [4.78, 5) is 12.9. The molecular weight excluding hydrogens is 352 g/mol. The van der Waals surface area contributed by atoms with Gasteiger partial charge in [-0.1, -0.05) is 24.3 Å². The molecule has 7 heteroatoms. The third kappa shape index (κ3) is 1.31. The van der Waals surface area contributed by atoms with Gasteiger partial charge >= 0.3 is 5.79 Å². The van der Waals surface area contributed by atoms with Crippen LogP contribution in [-0.4, -0.2) is 57.4 Å². The van der Waals surface area contributed by atoms with Crippen molar-refractivity contribution >= 4 is 16.6 Å². The largest absolute Gasteiger partial charge is 0.446 e. The molecule has 2 aliphatic carbocycles. The molecule has 2 saturated heterocycles. The summed E-state index contributed by atoms with van der Waals surface area (Å²) in [5, 5.41) is 23.4. The lowest BCUT2D eigenvalue weighted by Crippen LogP contribution is -2.74. The molecule has 2 aromatic rings. The molecule has 2 N–H and O–H groups in total. The molecule has 7 nitrogen and oxygen atoms in total. The van der Waals surface area contributed by atoms with Gasteiger partial charge in [-0.2, -0.15) is 0 Å². The fourth-order valence-electron chi connectivity index (χ4n) is 5.62. The Bertz CT molecular complexity index is 1010. The van der Waals surface area contributed by atoms with Gasteiger partial charge in [0.1, 0.15) is 11.5 Å². The monoisotopic (exact) mass is 368 g/mol. The van der Waals surface area contributed by atoms with Crippen molar-refractivity contribution in [2.45, 2.75) is 54.2 Å². The first-order valence-electron chi connectivity index (χ1n) is 9.21. The van der Waals surface area contributed by atoms with Gasteiger partial charge in [0.15, 0.2) is 17.8 Å². The van der Waals surface area contributed by atoms with E-state index in [1.54, 1.807) is 0 Å². The predicted octanol–water partition coefficient (Wildman–Crippen LogP) is 0.681. The van der Waals surface area contributed by atoms with Crippen molar-refractivity contribution in [2.75, 3.05) is 0 Å². The lowest BCUT2D eigenvalue weighted by Gasteiger charge is -2.47. The second-order valence-electron chi connectivity index (χ2n) is 8.01. The van der Waals surface area contributed by atoms with Gasteiger partial charge in [0.2, 0.25) is 11.4 Å². The minimum Gasteiger partial charge on any atom is -0.446 e. The molecule has 27 heavy (non-hydrogen) atoms. The van der Waals surface area contributed by atoms with Gasteiger partial charge in [-0.3, -0.25) is 4.79 Å². The topological polar surface area (TPSA) is 101 Å². The van der Waals surface area contributed by atoms with E-state index in [2.05, 4.69) is 0 Å². The van der Waals surface area contributed by atoms with Crippen LogP contribution < -0.4 is 9.47 Å². The third-order valence-corrected chi connectivity index (χ3v) is 6.84. The quantitative estimate of drug-likeness (QED) is 0.660. The number of aliphatic hydroxyl groups is 2. The maximum atomic E-state index is 12.9. The zero-order valence-electron chi connectivity index (χ0n) is 14.1. The van der Waals surface area contributed by atoms with Gasteiger partial charge in [0.05, 0.1) is 17.6 Å². The molecule has 0 amide bonds. The highest BCUT2D eigenvalue weighted by atomic mass is 16.8. The molecule has 7 rings (SSSR count). The smallest absolute Gasteiger partial charge is 0.316 e. The van der Waals surface area contributed by atoms with E-state index in [-0.39, 0.29) is 18.6 Å². The summed E-state index contributed by atoms with van der Waals surface area (Å²) < 4.78 is 24.4. The van der Waals surface area contributed by atoms with Crippen LogP contribution in [0.1, 0.15) is 12.8 Å². The van der Waals surface area contributed by atoms with E-state index >= 15 is 0 Å². The van der Waals surface area contributed by atoms with E-state index in [4.69, 9.17) is 18.9 Å². The summed E-state index contributed by atoms with van der Waals surface area (Å²) in [6.07, 6.45) is -2.94. The van der Waals surface area contributed by atoms with Crippen LogP contribution in [0.4, 0.5) is 0 Å². The molecule has 2 aromatic carbocycles. The van der Waals surface area contributed by atoms with Gasteiger partial charge < -0.3 is 29.2 Å². The Morgan fingerprint density at radius 2 is 1.63 bits per heavy atom. The SMILES string of the molecule is O=C1[C@@H]2O[C@@H]2C2(Oc3cccc4cccc(c34)O2)[C@@]23O[C@@]12[C@@H](O)CC[C@H]3O. The van der Waals surface area contributed by atoms with Gasteiger partial charge in [0, 0.05) is 0 Å². The van der Waals surface area contributed by atoms with Crippen molar-refractivity contribution in [3.05, 3.63) is 36.4 Å². The van der Waals surface area contributed by atoms with Crippen LogP contribution in [-0.2, 0) is 14.3 Å². The van der Waals surface area contributed by atoms with Crippen LogP contribution in [0, 0.1) is 0 Å². The summed E-state index contributed by atoms with van der Waals surface area (Å²) in [6, 6.07) is 11.3. The number of epoxide rings is 2. The fourth-order valence-corrected chi connectivity index (χ4v) is 5.62. The number of hydrogen-bond acceptors (Lipinski definition) is 7. The van der Waals surface area contributed by atoms with E-state index < -0.39 is 41.4 Å². The number of aliphatic hydroxyl groups excluding tert-OH is 2. The van der Waals surface area contributed by atoms with Crippen molar-refractivity contribution in [3.8, 4) is 11.5 Å². The Morgan fingerprint density at radius 3 is 2.33 bits per heavy atom. The number of rotatable bonds is 0. The minimum atomic E-state index is -1.54. The van der Waals surface area contributed by atoms with Crippen molar-refractivity contribution in [2.24, 2.45) is 0 Å². The predicted molar refractivity (Wildman–Crippen MR) is 89.4 cm³/mol. The van der Waals surface area contributed by atoms with E-state index in [0.717, 1.165) is 10.8 Å². The Labute approximate surface area is 153 Å². The van der Waals surface area contributed by atoms with Crippen LogP contribution in [0.2, 0.25) is 0 Å². The van der Waals surface area contributed by atoms with Gasteiger partial charge in [0.25, 0.3) is 0 Å². The maximum Gasteiger partial charge on any atom is 0.316 e. The fraction of sp³-hybridized carbons (Fsp3) is 0.450. The normalized spacial score (nSPS) is 44.6. The van der Waals surface area contributed by atoms with E-state index in [1.165, 1.54) is 0 Å². The number of fused-ring (bicyclic) bond motifs is 2. The Morgan fingerprint density at radius 1 is 0.963 bits per heavy atom. The van der Waals surface area contributed by atoms with Crippen LogP contribution in [0.5, 0.6) is 11.5 Å². The van der Waals surface area contributed by atoms with Gasteiger partial charge in [-0.25, -0.2) is 0 Å². The first kappa shape index (κ1) is 14.8. The molecular formula is C20H16O7. The number of Topliss-reactive ketones (excluding diaryl/α,β-unsaturated/α-hetero) is 1. The summed E-state index contributed by atoms with van der Waals surface area (Å²) in [7, 11) is 0. The number of carbonyl (C=O) groups excluding carboxylic acids is 1. The molecule has 0 radical (unpaired) electrons. The average Bonchev–Trinajstić information content (AvgIpc) is 3.57. The van der Waals surface area contributed by atoms with E-state index in [0.29, 0.717) is 11.5 Å². The standard InChI is InChI=1S/C20H16O7/c21-12-7-8-13(22)19-18(12,27-19)16(23)15-17(24-15)20(19)25-10-5-1-3-9-4-2-6-11(26-20)14(9)10/h1-6,12-13,15,17,21-22H,7-8H2/t12-,13+,15-,17-,18-,19-/m0/s1. The van der Waals surface area contributed by atoms with E-state index in [9.17, 15) is 15.0 Å².